The summed E-state index contributed by atoms with van der Waals surface area (Å²) in [6, 6.07) is 0. The van der Waals surface area contributed by atoms with E-state index in [1.165, 1.54) is 11.3 Å². The third-order valence-electron chi connectivity index (χ3n) is 1.10. The third-order valence-corrected chi connectivity index (χ3v) is 1.85. The van der Waals surface area contributed by atoms with Crippen LogP contribution in [0.2, 0.25) is 0 Å². The summed E-state index contributed by atoms with van der Waals surface area (Å²) < 4.78 is 4.70. The van der Waals surface area contributed by atoms with Crippen LogP contribution in [0.1, 0.15) is 22.4 Å². The van der Waals surface area contributed by atoms with Gasteiger partial charge in [0.25, 0.3) is 0 Å². The first-order chi connectivity index (χ1) is 5.77. The molecule has 1 heterocycles. The van der Waals surface area contributed by atoms with Gasteiger partial charge in [-0.15, -0.1) is 0 Å². The van der Waals surface area contributed by atoms with Gasteiger partial charge in [-0.2, -0.15) is 0 Å². The minimum absolute atomic E-state index is 0. The molecule has 0 fully saturated rings. The average molecular weight is 266 g/mol. The summed E-state index contributed by atoms with van der Waals surface area (Å²) in [5.41, 5.74) is 0.247. The van der Waals surface area contributed by atoms with Crippen LogP contribution in [0.25, 0.3) is 0 Å². The molecule has 0 saturated carbocycles. The Bertz CT molecular complexity index is 329. The first kappa shape index (κ1) is 13.5. The van der Waals surface area contributed by atoms with E-state index in [0.717, 1.165) is 0 Å². The van der Waals surface area contributed by atoms with Crippen LogP contribution in [0.4, 0.5) is 0 Å². The number of nitrogens with zero attached hydrogens (tertiary/aromatic N) is 1. The molecule has 0 unspecified atom stereocenters. The zero-order valence-corrected chi connectivity index (χ0v) is 13.2. The molecule has 0 radical (unpaired) electrons. The molecule has 0 aliphatic carbocycles. The normalized spacial score (nSPS) is 8.31. The summed E-state index contributed by atoms with van der Waals surface area (Å²) in [5, 5.41) is 1.94. The summed E-state index contributed by atoms with van der Waals surface area (Å²) in [5.74, 6) is 1.65. The van der Waals surface area contributed by atoms with Gasteiger partial charge in [-0.3, -0.25) is 5.92 Å². The van der Waals surface area contributed by atoms with Crippen molar-refractivity contribution in [2.45, 2.75) is 6.92 Å². The quantitative estimate of drug-likeness (QED) is 0.362. The first-order valence-electron chi connectivity index (χ1n) is 3.33. The summed E-state index contributed by atoms with van der Waals surface area (Å²) in [6.45, 7) is 2.06. The fourth-order valence-corrected chi connectivity index (χ4v) is 1.21. The number of thiazole rings is 1. The number of hydrogen-bond donors (Lipinski definition) is 0. The van der Waals surface area contributed by atoms with Gasteiger partial charge in [0, 0.05) is 10.4 Å². The zero-order chi connectivity index (χ0) is 8.97. The molecule has 62 valence electrons. The van der Waals surface area contributed by atoms with Gasteiger partial charge >= 0.3 is 64.2 Å². The molecule has 0 atom stereocenters. The molecule has 0 aliphatic heterocycles. The predicted molar refractivity (Wildman–Crippen MR) is 44.3 cm³/mol. The van der Waals surface area contributed by atoms with E-state index >= 15 is 0 Å². The van der Waals surface area contributed by atoms with Crippen molar-refractivity contribution in [3.8, 4) is 5.92 Å². The number of esters is 1. The van der Waals surface area contributed by atoms with E-state index in [1.54, 1.807) is 12.3 Å². The van der Waals surface area contributed by atoms with E-state index in [0.29, 0.717) is 11.6 Å². The Balaban J connectivity index is 0.00000144. The van der Waals surface area contributed by atoms with Gasteiger partial charge in [-0.25, -0.2) is 16.1 Å². The fourth-order valence-electron chi connectivity index (χ4n) is 0.630. The zero-order valence-electron chi connectivity index (χ0n) is 7.46. The summed E-state index contributed by atoms with van der Waals surface area (Å²) in [6.07, 6.45) is 6.75. The van der Waals surface area contributed by atoms with Gasteiger partial charge in [0.05, 0.1) is 6.61 Å². The minimum Gasteiger partial charge on any atom is -0.461 e. The number of carbonyl (C=O) groups is 1. The van der Waals surface area contributed by atoms with E-state index in [4.69, 9.17) is 11.2 Å². The van der Waals surface area contributed by atoms with E-state index in [-0.39, 0.29) is 63.9 Å². The molecule has 0 bridgehead atoms. The molecular formula is C8H6NO2RbS. The number of hydrogen-bond acceptors (Lipinski definition) is 4. The number of carbonyl (C=O) groups excluding carboxylic acids is 1. The molecule has 13 heavy (non-hydrogen) atoms. The fraction of sp³-hybridized carbons (Fsp3) is 0.250. The van der Waals surface area contributed by atoms with Gasteiger partial charge in [0.15, 0.2) is 0 Å². The molecule has 0 amide bonds. The number of aromatic nitrogens is 1. The summed E-state index contributed by atoms with van der Waals surface area (Å²) in [7, 11) is 0. The topological polar surface area (TPSA) is 39.2 Å². The van der Waals surface area contributed by atoms with Crippen LogP contribution < -0.4 is 58.2 Å². The monoisotopic (exact) mass is 265 g/mol. The van der Waals surface area contributed by atoms with Gasteiger partial charge in [0.1, 0.15) is 5.69 Å². The Labute approximate surface area is 130 Å². The van der Waals surface area contributed by atoms with Gasteiger partial charge in [-0.1, -0.05) is 0 Å². The second-order valence-corrected chi connectivity index (χ2v) is 2.74. The maximum atomic E-state index is 11.0. The van der Waals surface area contributed by atoms with Crippen LogP contribution in [-0.4, -0.2) is 17.6 Å². The first-order valence-corrected chi connectivity index (χ1v) is 4.21. The molecule has 1 aromatic rings. The Morgan fingerprint density at radius 2 is 2.54 bits per heavy atom. The molecule has 5 heteroatoms. The third kappa shape index (κ3) is 4.00. The largest absolute Gasteiger partial charge is 1.00 e. The summed E-state index contributed by atoms with van der Waals surface area (Å²) in [4.78, 5) is 14.8. The van der Waals surface area contributed by atoms with E-state index in [2.05, 4.69) is 10.9 Å². The van der Waals surface area contributed by atoms with E-state index in [9.17, 15) is 4.79 Å². The van der Waals surface area contributed by atoms with Crippen molar-refractivity contribution in [3.05, 3.63) is 22.5 Å². The molecular weight excluding hydrogens is 260 g/mol. The second-order valence-electron chi connectivity index (χ2n) is 1.88. The van der Waals surface area contributed by atoms with Crippen molar-refractivity contribution in [2.75, 3.05) is 6.61 Å². The van der Waals surface area contributed by atoms with E-state index in [1.807, 2.05) is 0 Å². The van der Waals surface area contributed by atoms with Crippen molar-refractivity contribution in [2.24, 2.45) is 0 Å². The van der Waals surface area contributed by atoms with Crippen molar-refractivity contribution < 1.29 is 67.7 Å². The van der Waals surface area contributed by atoms with Crippen molar-refractivity contribution in [1.29, 1.82) is 0 Å². The van der Waals surface area contributed by atoms with Crippen molar-refractivity contribution in [1.82, 2.24) is 4.98 Å². The predicted octanol–water partition coefficient (Wildman–Crippen LogP) is -1.74. The number of ether oxygens (including phenoxy) is 1. The van der Waals surface area contributed by atoms with Gasteiger partial charge in [0.2, 0.25) is 0 Å². The van der Waals surface area contributed by atoms with Crippen LogP contribution >= 0.6 is 11.3 Å². The van der Waals surface area contributed by atoms with E-state index < -0.39 is 5.97 Å². The molecule has 1 aromatic heterocycles. The minimum atomic E-state index is -0.449. The maximum Gasteiger partial charge on any atom is 1.00 e. The second kappa shape index (κ2) is 6.85. The van der Waals surface area contributed by atoms with Crippen LogP contribution in [0.15, 0.2) is 5.38 Å². The molecule has 0 aromatic carbocycles. The molecule has 1 rings (SSSR count). The molecule has 3 nitrogen and oxygen atoms in total. The Morgan fingerprint density at radius 3 is 3.00 bits per heavy atom. The average Bonchev–Trinajstić information content (AvgIpc) is 2.52. The van der Waals surface area contributed by atoms with Crippen LogP contribution in [0.3, 0.4) is 0 Å². The molecule has 0 saturated heterocycles. The SMILES string of the molecule is [C-]#Cc1nc(C(=O)OCC)cs1.[Rb+]. The molecule has 0 N–H and O–H groups in total. The van der Waals surface area contributed by atoms with Crippen LogP contribution in [-0.2, 0) is 4.74 Å². The standard InChI is InChI=1S/C8H6NO2S.Rb/c1-3-7-9-6(5-12-7)8(10)11-4-2;/h5H,4H2,2H3;/q-1;+1. The Hall–Kier alpha value is 0.465. The maximum absolute atomic E-state index is 11.0. The van der Waals surface area contributed by atoms with Crippen LogP contribution in [0.5, 0.6) is 0 Å². The van der Waals surface area contributed by atoms with Crippen molar-refractivity contribution in [3.63, 3.8) is 0 Å². The molecule has 0 spiro atoms. The van der Waals surface area contributed by atoms with Gasteiger partial charge < -0.3 is 16.1 Å². The summed E-state index contributed by atoms with van der Waals surface area (Å²) >= 11 is 1.19. The van der Waals surface area contributed by atoms with Crippen molar-refractivity contribution >= 4 is 17.3 Å². The molecule has 0 aliphatic rings. The Kier molecular flexibility index (Phi) is 7.10. The number of rotatable bonds is 2. The van der Waals surface area contributed by atoms with Gasteiger partial charge in [-0.05, 0) is 6.92 Å². The van der Waals surface area contributed by atoms with Crippen LogP contribution in [0, 0.1) is 12.3 Å². The Morgan fingerprint density at radius 1 is 1.85 bits per heavy atom. The smallest absolute Gasteiger partial charge is 0.461 e.